The average Bonchev–Trinajstić information content (AvgIpc) is 3.06. The van der Waals surface area contributed by atoms with E-state index in [9.17, 15) is 9.18 Å². The van der Waals surface area contributed by atoms with Crippen molar-refractivity contribution in [1.82, 2.24) is 19.9 Å². The number of halogens is 1. The van der Waals surface area contributed by atoms with Crippen molar-refractivity contribution >= 4 is 27.5 Å². The summed E-state index contributed by atoms with van der Waals surface area (Å²) in [5.74, 6) is -0.457. The van der Waals surface area contributed by atoms with E-state index in [1.165, 1.54) is 36.0 Å². The first-order valence-corrected chi connectivity index (χ1v) is 8.79. The number of nitrogens with zero attached hydrogens (tertiary/aromatic N) is 4. The Kier molecular flexibility index (Phi) is 4.27. The van der Waals surface area contributed by atoms with Crippen LogP contribution in [0.1, 0.15) is 23.3 Å². The molecule has 0 atom stereocenters. The lowest BCUT2D eigenvalue weighted by Gasteiger charge is -2.31. The second-order valence-electron chi connectivity index (χ2n) is 5.77. The van der Waals surface area contributed by atoms with Crippen molar-refractivity contribution in [1.29, 1.82) is 0 Å². The van der Waals surface area contributed by atoms with Gasteiger partial charge in [0.15, 0.2) is 0 Å². The Hall–Kier alpha value is -2.61. The summed E-state index contributed by atoms with van der Waals surface area (Å²) in [7, 11) is 0. The summed E-state index contributed by atoms with van der Waals surface area (Å²) in [5.41, 5.74) is 0.696. The van der Waals surface area contributed by atoms with Gasteiger partial charge in [-0.15, -0.1) is 0 Å². The second-order valence-corrected chi connectivity index (χ2v) is 6.76. The minimum Gasteiger partial charge on any atom is -0.467 e. The highest BCUT2D eigenvalue weighted by Gasteiger charge is 2.26. The number of ether oxygens (including phenoxy) is 1. The maximum absolute atomic E-state index is 13.7. The highest BCUT2D eigenvalue weighted by Crippen LogP contribution is 2.31. The van der Waals surface area contributed by atoms with E-state index < -0.39 is 0 Å². The van der Waals surface area contributed by atoms with Crippen molar-refractivity contribution < 1.29 is 13.9 Å². The van der Waals surface area contributed by atoms with Crippen LogP contribution in [0.25, 0.3) is 10.2 Å². The number of hydrogen-bond donors (Lipinski definition) is 0. The number of rotatable bonds is 3. The predicted octanol–water partition coefficient (Wildman–Crippen LogP) is 2.91. The summed E-state index contributed by atoms with van der Waals surface area (Å²) in [6, 6.07) is 4.88. The number of thiazole rings is 1. The fraction of sp³-hybridized carbons (Fsp3) is 0.294. The van der Waals surface area contributed by atoms with E-state index in [0.29, 0.717) is 42.3 Å². The average molecular weight is 358 g/mol. The Bertz CT molecular complexity index is 894. The van der Waals surface area contributed by atoms with Crippen molar-refractivity contribution in [3.8, 4) is 5.19 Å². The quantitative estimate of drug-likeness (QED) is 0.720. The van der Waals surface area contributed by atoms with Crippen LogP contribution in [0, 0.1) is 5.82 Å². The molecule has 0 unspecified atom stereocenters. The number of hydrogen-bond acceptors (Lipinski definition) is 6. The van der Waals surface area contributed by atoms with Crippen molar-refractivity contribution in [2.75, 3.05) is 13.1 Å². The zero-order valence-electron chi connectivity index (χ0n) is 13.3. The predicted molar refractivity (Wildman–Crippen MR) is 91.2 cm³/mol. The van der Waals surface area contributed by atoms with E-state index in [1.54, 1.807) is 11.0 Å². The van der Waals surface area contributed by atoms with Crippen LogP contribution in [0.5, 0.6) is 5.19 Å². The Morgan fingerprint density at radius 1 is 1.28 bits per heavy atom. The molecule has 128 valence electrons. The molecule has 0 bridgehead atoms. The van der Waals surface area contributed by atoms with Gasteiger partial charge in [0.25, 0.3) is 11.1 Å². The molecule has 4 rings (SSSR count). The first-order chi connectivity index (χ1) is 12.2. The highest BCUT2D eigenvalue weighted by atomic mass is 32.1. The van der Waals surface area contributed by atoms with Crippen molar-refractivity contribution in [3.05, 3.63) is 48.3 Å². The zero-order chi connectivity index (χ0) is 17.2. The van der Waals surface area contributed by atoms with Crippen LogP contribution in [-0.4, -0.2) is 45.0 Å². The summed E-state index contributed by atoms with van der Waals surface area (Å²) >= 11 is 1.34. The molecule has 1 saturated heterocycles. The maximum atomic E-state index is 13.7. The molecule has 2 aromatic heterocycles. The lowest BCUT2D eigenvalue weighted by atomic mass is 10.1. The third-order valence-electron chi connectivity index (χ3n) is 4.13. The molecule has 1 aromatic carbocycles. The maximum Gasteiger partial charge on any atom is 0.274 e. The Balaban J connectivity index is 1.38. The molecule has 1 aliphatic heterocycles. The van der Waals surface area contributed by atoms with E-state index in [4.69, 9.17) is 4.74 Å². The molecule has 1 aliphatic rings. The Morgan fingerprint density at radius 2 is 2.12 bits per heavy atom. The topological polar surface area (TPSA) is 68.2 Å². The molecule has 0 saturated carbocycles. The lowest BCUT2D eigenvalue weighted by molar-refractivity contribution is 0.0589. The fourth-order valence-corrected chi connectivity index (χ4v) is 3.73. The van der Waals surface area contributed by atoms with Gasteiger partial charge in [0, 0.05) is 38.3 Å². The van der Waals surface area contributed by atoms with Gasteiger partial charge in [0.1, 0.15) is 23.1 Å². The third-order valence-corrected chi connectivity index (χ3v) is 5.04. The highest BCUT2D eigenvalue weighted by molar-refractivity contribution is 7.20. The number of para-hydroxylation sites is 1. The summed E-state index contributed by atoms with van der Waals surface area (Å²) in [5, 5.41) is 0.471. The number of fused-ring (bicyclic) bond motifs is 1. The first kappa shape index (κ1) is 15.9. The molecule has 0 spiro atoms. The summed E-state index contributed by atoms with van der Waals surface area (Å²) in [6.07, 6.45) is 5.89. The number of carbonyl (C=O) groups excluding carboxylic acids is 1. The van der Waals surface area contributed by atoms with Gasteiger partial charge in [-0.05, 0) is 12.1 Å². The van der Waals surface area contributed by atoms with Crippen LogP contribution >= 0.6 is 11.3 Å². The smallest absolute Gasteiger partial charge is 0.274 e. The molecule has 1 fully saturated rings. The number of carbonyl (C=O) groups is 1. The summed E-state index contributed by atoms with van der Waals surface area (Å²) in [4.78, 5) is 26.3. The van der Waals surface area contributed by atoms with E-state index in [0.717, 1.165) is 4.70 Å². The molecule has 25 heavy (non-hydrogen) atoms. The lowest BCUT2D eigenvalue weighted by Crippen LogP contribution is -2.42. The van der Waals surface area contributed by atoms with Crippen LogP contribution in [0.15, 0.2) is 36.8 Å². The molecular formula is C17H15FN4O2S. The van der Waals surface area contributed by atoms with Crippen LogP contribution in [-0.2, 0) is 0 Å². The standard InChI is InChI=1S/C17H15FN4O2S/c18-12-2-1-3-14-15(12)21-17(25-14)24-11-4-8-22(9-5-11)16(23)13-10-19-6-7-20-13/h1-3,6-7,10-11H,4-5,8-9H2. The van der Waals surface area contributed by atoms with Crippen molar-refractivity contribution in [2.45, 2.75) is 18.9 Å². The van der Waals surface area contributed by atoms with Gasteiger partial charge in [-0.1, -0.05) is 17.4 Å². The van der Waals surface area contributed by atoms with Gasteiger partial charge >= 0.3 is 0 Å². The Morgan fingerprint density at radius 3 is 2.84 bits per heavy atom. The van der Waals surface area contributed by atoms with Crippen LogP contribution < -0.4 is 4.74 Å². The van der Waals surface area contributed by atoms with E-state index in [1.807, 2.05) is 6.07 Å². The number of amides is 1. The molecule has 0 N–H and O–H groups in total. The largest absolute Gasteiger partial charge is 0.467 e. The monoisotopic (exact) mass is 358 g/mol. The van der Waals surface area contributed by atoms with Crippen LogP contribution in [0.4, 0.5) is 4.39 Å². The van der Waals surface area contributed by atoms with Gasteiger partial charge < -0.3 is 9.64 Å². The molecule has 1 amide bonds. The van der Waals surface area contributed by atoms with Crippen LogP contribution in [0.3, 0.4) is 0 Å². The molecule has 6 nitrogen and oxygen atoms in total. The minimum atomic E-state index is -0.340. The normalized spacial score (nSPS) is 15.5. The SMILES string of the molecule is O=C(c1cnccn1)N1CCC(Oc2nc3c(F)cccc3s2)CC1. The van der Waals surface area contributed by atoms with Gasteiger partial charge in [-0.2, -0.15) is 4.98 Å². The third kappa shape index (κ3) is 3.30. The summed E-state index contributed by atoms with van der Waals surface area (Å²) < 4.78 is 20.4. The van der Waals surface area contributed by atoms with Crippen molar-refractivity contribution in [2.24, 2.45) is 0 Å². The van der Waals surface area contributed by atoms with Gasteiger partial charge in [-0.3, -0.25) is 9.78 Å². The molecule has 0 radical (unpaired) electrons. The summed E-state index contributed by atoms with van der Waals surface area (Å²) in [6.45, 7) is 1.17. The fourth-order valence-electron chi connectivity index (χ4n) is 2.84. The Labute approximate surface area is 147 Å². The van der Waals surface area contributed by atoms with Gasteiger partial charge in [0.2, 0.25) is 0 Å². The molecule has 3 aromatic rings. The number of benzene rings is 1. The molecular weight excluding hydrogens is 343 g/mol. The number of aromatic nitrogens is 3. The minimum absolute atomic E-state index is 0.0328. The van der Waals surface area contributed by atoms with Gasteiger partial charge in [-0.25, -0.2) is 9.37 Å². The van der Waals surface area contributed by atoms with E-state index in [-0.39, 0.29) is 17.8 Å². The molecule has 8 heteroatoms. The molecule has 3 heterocycles. The van der Waals surface area contributed by atoms with Crippen LogP contribution in [0.2, 0.25) is 0 Å². The first-order valence-electron chi connectivity index (χ1n) is 7.98. The zero-order valence-corrected chi connectivity index (χ0v) is 14.1. The number of likely N-dealkylation sites (tertiary alicyclic amines) is 1. The van der Waals surface area contributed by atoms with Gasteiger partial charge in [0.05, 0.1) is 10.9 Å². The number of piperidine rings is 1. The van der Waals surface area contributed by atoms with E-state index >= 15 is 0 Å². The van der Waals surface area contributed by atoms with Crippen molar-refractivity contribution in [3.63, 3.8) is 0 Å². The second kappa shape index (κ2) is 6.72. The molecule has 0 aliphatic carbocycles. The van der Waals surface area contributed by atoms with E-state index in [2.05, 4.69) is 15.0 Å².